The fraction of sp³-hybridized carbons (Fsp3) is 0. The van der Waals surface area contributed by atoms with E-state index in [-0.39, 0.29) is 0 Å². The summed E-state index contributed by atoms with van der Waals surface area (Å²) in [6.07, 6.45) is 0. The monoisotopic (exact) mass is 607 g/mol. The van der Waals surface area contributed by atoms with Crippen molar-refractivity contribution < 1.29 is 8.83 Å². The number of fused-ring (bicyclic) bond motifs is 10. The quantitative estimate of drug-likeness (QED) is 0.199. The highest BCUT2D eigenvalue weighted by molar-refractivity contribution is 7.26. The molecule has 0 atom stereocenters. The Morgan fingerprint density at radius 1 is 0.435 bits per heavy atom. The van der Waals surface area contributed by atoms with Crippen LogP contribution in [0.2, 0.25) is 0 Å². The fourth-order valence-corrected chi connectivity index (χ4v) is 8.19. The summed E-state index contributed by atoms with van der Waals surface area (Å²) in [5.74, 6) is 0. The maximum atomic E-state index is 6.65. The number of anilines is 3. The largest absolute Gasteiger partial charge is 0.456 e. The highest BCUT2D eigenvalue weighted by Gasteiger charge is 2.20. The molecule has 216 valence electrons. The Hall–Kier alpha value is -5.84. The molecule has 10 rings (SSSR count). The molecule has 3 heterocycles. The topological polar surface area (TPSA) is 29.5 Å². The van der Waals surface area contributed by atoms with Crippen molar-refractivity contribution in [3.05, 3.63) is 152 Å². The van der Waals surface area contributed by atoms with Crippen molar-refractivity contribution in [3.8, 4) is 11.1 Å². The highest BCUT2D eigenvalue weighted by atomic mass is 32.1. The van der Waals surface area contributed by atoms with Gasteiger partial charge in [0.15, 0.2) is 0 Å². The molecule has 0 saturated carbocycles. The highest BCUT2D eigenvalue weighted by Crippen LogP contribution is 2.47. The lowest BCUT2D eigenvalue weighted by molar-refractivity contribution is 0.669. The zero-order valence-corrected chi connectivity index (χ0v) is 25.4. The van der Waals surface area contributed by atoms with Crippen molar-refractivity contribution in [2.75, 3.05) is 4.90 Å². The van der Waals surface area contributed by atoms with Crippen molar-refractivity contribution in [3.63, 3.8) is 0 Å². The van der Waals surface area contributed by atoms with Gasteiger partial charge in [-0.25, -0.2) is 0 Å². The second kappa shape index (κ2) is 9.83. The molecule has 0 radical (unpaired) electrons. The maximum Gasteiger partial charge on any atom is 0.144 e. The number of hydrogen-bond acceptors (Lipinski definition) is 4. The lowest BCUT2D eigenvalue weighted by Crippen LogP contribution is -2.09. The third-order valence-corrected chi connectivity index (χ3v) is 10.2. The van der Waals surface area contributed by atoms with Gasteiger partial charge in [0, 0.05) is 70.4 Å². The number of para-hydroxylation sites is 3. The first-order valence-electron chi connectivity index (χ1n) is 15.4. The number of rotatable bonds is 4. The normalized spacial score (nSPS) is 11.9. The van der Waals surface area contributed by atoms with Gasteiger partial charge in [-0.1, -0.05) is 78.9 Å². The number of benzene rings is 7. The van der Waals surface area contributed by atoms with Crippen LogP contribution < -0.4 is 4.90 Å². The van der Waals surface area contributed by atoms with Crippen LogP contribution in [0.15, 0.2) is 160 Å². The molecule has 0 fully saturated rings. The van der Waals surface area contributed by atoms with Gasteiger partial charge in [0.25, 0.3) is 0 Å². The molecule has 3 aromatic heterocycles. The zero-order valence-electron chi connectivity index (χ0n) is 24.6. The lowest BCUT2D eigenvalue weighted by Gasteiger charge is -2.25. The molecular weight excluding hydrogens is 583 g/mol. The molecule has 0 aliphatic carbocycles. The van der Waals surface area contributed by atoms with E-state index in [9.17, 15) is 0 Å². The van der Waals surface area contributed by atoms with Gasteiger partial charge in [-0.05, 0) is 72.3 Å². The van der Waals surface area contributed by atoms with Crippen LogP contribution in [0.25, 0.3) is 75.2 Å². The van der Waals surface area contributed by atoms with Crippen LogP contribution in [0.5, 0.6) is 0 Å². The van der Waals surface area contributed by atoms with Gasteiger partial charge in [0.05, 0.1) is 0 Å². The molecule has 0 aliphatic rings. The van der Waals surface area contributed by atoms with Crippen LogP contribution in [-0.4, -0.2) is 0 Å². The maximum absolute atomic E-state index is 6.65. The minimum atomic E-state index is 0.866. The third-order valence-electron chi connectivity index (χ3n) is 9.04. The minimum absolute atomic E-state index is 0.866. The third kappa shape index (κ3) is 3.77. The molecule has 10 aromatic rings. The average molecular weight is 608 g/mol. The molecule has 3 nitrogen and oxygen atoms in total. The average Bonchev–Trinajstić information content (AvgIpc) is 3.79. The Labute approximate surface area is 268 Å². The smallest absolute Gasteiger partial charge is 0.144 e. The fourth-order valence-electron chi connectivity index (χ4n) is 6.95. The Morgan fingerprint density at radius 3 is 1.85 bits per heavy atom. The number of nitrogens with zero attached hydrogens (tertiary/aromatic N) is 1. The zero-order chi connectivity index (χ0) is 30.2. The summed E-state index contributed by atoms with van der Waals surface area (Å²) < 4.78 is 15.6. The number of hydrogen-bond donors (Lipinski definition) is 0. The van der Waals surface area contributed by atoms with Gasteiger partial charge in [-0.2, -0.15) is 0 Å². The first-order valence-corrected chi connectivity index (χ1v) is 16.2. The Kier molecular flexibility index (Phi) is 5.45. The summed E-state index contributed by atoms with van der Waals surface area (Å²) in [6.45, 7) is 0. The van der Waals surface area contributed by atoms with Gasteiger partial charge in [-0.15, -0.1) is 11.3 Å². The predicted octanol–water partition coefficient (Wildman–Crippen LogP) is 13.0. The molecule has 0 N–H and O–H groups in total. The van der Waals surface area contributed by atoms with Crippen LogP contribution in [0.1, 0.15) is 0 Å². The molecule has 0 amide bonds. The van der Waals surface area contributed by atoms with E-state index in [4.69, 9.17) is 8.83 Å². The molecule has 0 bridgehead atoms. The van der Waals surface area contributed by atoms with Crippen LogP contribution >= 0.6 is 11.3 Å². The van der Waals surface area contributed by atoms with Crippen molar-refractivity contribution in [1.82, 2.24) is 0 Å². The molecule has 0 saturated heterocycles. The van der Waals surface area contributed by atoms with E-state index in [1.165, 1.54) is 25.7 Å². The molecule has 0 spiro atoms. The van der Waals surface area contributed by atoms with Crippen LogP contribution in [0.3, 0.4) is 0 Å². The summed E-state index contributed by atoms with van der Waals surface area (Å²) in [4.78, 5) is 2.26. The Balaban J connectivity index is 1.18. The Morgan fingerprint density at radius 2 is 1.07 bits per heavy atom. The number of furan rings is 2. The van der Waals surface area contributed by atoms with Gasteiger partial charge in [-0.3, -0.25) is 0 Å². The summed E-state index contributed by atoms with van der Waals surface area (Å²) in [5, 5.41) is 6.90. The van der Waals surface area contributed by atoms with Gasteiger partial charge >= 0.3 is 0 Å². The first-order chi connectivity index (χ1) is 22.8. The predicted molar refractivity (Wildman–Crippen MR) is 194 cm³/mol. The lowest BCUT2D eigenvalue weighted by atomic mass is 9.98. The van der Waals surface area contributed by atoms with Gasteiger partial charge in [0.2, 0.25) is 0 Å². The van der Waals surface area contributed by atoms with Crippen LogP contribution in [0, 0.1) is 0 Å². The number of thiophene rings is 1. The molecule has 4 heteroatoms. The minimum Gasteiger partial charge on any atom is -0.456 e. The van der Waals surface area contributed by atoms with Crippen LogP contribution in [-0.2, 0) is 0 Å². The van der Waals surface area contributed by atoms with E-state index in [2.05, 4.69) is 138 Å². The van der Waals surface area contributed by atoms with E-state index in [0.29, 0.717) is 0 Å². The van der Waals surface area contributed by atoms with E-state index in [0.717, 1.165) is 66.5 Å². The van der Waals surface area contributed by atoms with E-state index >= 15 is 0 Å². The summed E-state index contributed by atoms with van der Waals surface area (Å²) in [6, 6.07) is 53.4. The van der Waals surface area contributed by atoms with E-state index < -0.39 is 0 Å². The van der Waals surface area contributed by atoms with Crippen molar-refractivity contribution >= 4 is 92.4 Å². The van der Waals surface area contributed by atoms with E-state index in [1.807, 2.05) is 29.5 Å². The molecule has 46 heavy (non-hydrogen) atoms. The molecule has 7 aromatic carbocycles. The van der Waals surface area contributed by atoms with E-state index in [1.54, 1.807) is 0 Å². The van der Waals surface area contributed by atoms with Crippen molar-refractivity contribution in [2.45, 2.75) is 0 Å². The molecular formula is C42H25NO2S. The standard InChI is InChI=1S/C42H25NO2S/c1-3-11-27(12-4-1)43(28-13-5-2-6-14-28)29-20-22-32-31-21-19-26(23-37(31)44-38(32)24-29)34-25-35-30-15-7-9-17-36(30)45-41(35)40-33-16-8-10-18-39(33)46-42(34)40/h1-25H. The Bertz CT molecular complexity index is 2710. The first kappa shape index (κ1) is 25.5. The summed E-state index contributed by atoms with van der Waals surface area (Å²) >= 11 is 1.82. The van der Waals surface area contributed by atoms with Crippen molar-refractivity contribution in [1.29, 1.82) is 0 Å². The van der Waals surface area contributed by atoms with Gasteiger partial charge < -0.3 is 13.7 Å². The summed E-state index contributed by atoms with van der Waals surface area (Å²) in [5.41, 5.74) is 9.18. The second-order valence-corrected chi connectivity index (χ2v) is 12.8. The molecule has 0 unspecified atom stereocenters. The van der Waals surface area contributed by atoms with Crippen molar-refractivity contribution in [2.24, 2.45) is 0 Å². The van der Waals surface area contributed by atoms with Gasteiger partial charge in [0.1, 0.15) is 22.3 Å². The van der Waals surface area contributed by atoms with Crippen LogP contribution in [0.4, 0.5) is 17.1 Å². The SMILES string of the molecule is c1ccc(N(c2ccccc2)c2ccc3c(c2)oc2cc(-c4cc5c6ccccc6oc5c5c4sc4ccccc45)ccc23)cc1. The second-order valence-electron chi connectivity index (χ2n) is 11.7. The summed E-state index contributed by atoms with van der Waals surface area (Å²) in [7, 11) is 0. The molecule has 0 aliphatic heterocycles.